The van der Waals surface area contributed by atoms with Crippen molar-refractivity contribution in [1.29, 1.82) is 0 Å². The molecule has 1 aromatic heterocycles. The first-order valence-electron chi connectivity index (χ1n) is 11.4. The molecule has 0 radical (unpaired) electrons. The van der Waals surface area contributed by atoms with Gasteiger partial charge in [-0.05, 0) is 61.4 Å². The fourth-order valence-electron chi connectivity index (χ4n) is 4.46. The van der Waals surface area contributed by atoms with Crippen LogP contribution in [-0.2, 0) is 6.42 Å². The summed E-state index contributed by atoms with van der Waals surface area (Å²) < 4.78 is 24.8. The molecule has 9 heteroatoms. The van der Waals surface area contributed by atoms with E-state index in [0.29, 0.717) is 35.2 Å². The van der Waals surface area contributed by atoms with Gasteiger partial charge in [-0.3, -0.25) is 14.9 Å². The smallest absolute Gasteiger partial charge is 0.261 e. The average molecular weight is 502 g/mol. The molecule has 0 aliphatic carbocycles. The third kappa shape index (κ3) is 3.87. The number of carbonyl (C=O) groups is 2. The van der Waals surface area contributed by atoms with Crippen LogP contribution in [-0.4, -0.2) is 30.1 Å². The monoisotopic (exact) mass is 501 g/mol. The number of thiazole rings is 1. The van der Waals surface area contributed by atoms with Crippen molar-refractivity contribution in [3.8, 4) is 22.8 Å². The fourth-order valence-corrected chi connectivity index (χ4v) is 5.30. The SMILES string of the molecule is Cc1sc(NC(=O)c2ccc3c(c2)OCO3)nc1-c1ccc2c(c1)CCN2C(=O)c1ccccc1F. The Hall–Kier alpha value is -4.24. The Labute approximate surface area is 210 Å². The highest BCUT2D eigenvalue weighted by atomic mass is 32.1. The Morgan fingerprint density at radius 3 is 2.75 bits per heavy atom. The Kier molecular flexibility index (Phi) is 5.41. The van der Waals surface area contributed by atoms with E-state index in [4.69, 9.17) is 9.47 Å². The van der Waals surface area contributed by atoms with Crippen LogP contribution in [0.1, 0.15) is 31.2 Å². The number of rotatable bonds is 4. The average Bonchev–Trinajstić information content (AvgIpc) is 3.61. The van der Waals surface area contributed by atoms with Gasteiger partial charge in [0.15, 0.2) is 16.6 Å². The minimum absolute atomic E-state index is 0.0626. The van der Waals surface area contributed by atoms with Crippen LogP contribution in [0.3, 0.4) is 0 Å². The molecule has 36 heavy (non-hydrogen) atoms. The number of nitrogens with zero attached hydrogens (tertiary/aromatic N) is 2. The van der Waals surface area contributed by atoms with Crippen molar-refractivity contribution in [1.82, 2.24) is 4.98 Å². The van der Waals surface area contributed by atoms with Crippen molar-refractivity contribution >= 4 is 34.0 Å². The number of benzene rings is 3. The molecule has 6 rings (SSSR count). The van der Waals surface area contributed by atoms with E-state index >= 15 is 0 Å². The van der Waals surface area contributed by atoms with Gasteiger partial charge in [0.05, 0.1) is 11.3 Å². The van der Waals surface area contributed by atoms with Crippen molar-refractivity contribution in [3.63, 3.8) is 0 Å². The summed E-state index contributed by atoms with van der Waals surface area (Å²) >= 11 is 1.39. The maximum Gasteiger partial charge on any atom is 0.261 e. The van der Waals surface area contributed by atoms with Gasteiger partial charge in [-0.2, -0.15) is 0 Å². The van der Waals surface area contributed by atoms with Gasteiger partial charge in [-0.15, -0.1) is 11.3 Å². The zero-order valence-electron chi connectivity index (χ0n) is 19.2. The highest BCUT2D eigenvalue weighted by Crippen LogP contribution is 2.37. The molecular weight excluding hydrogens is 481 g/mol. The molecule has 7 nitrogen and oxygen atoms in total. The lowest BCUT2D eigenvalue weighted by Crippen LogP contribution is -2.29. The predicted octanol–water partition coefficient (Wildman–Crippen LogP) is 5.44. The first-order chi connectivity index (χ1) is 17.5. The van der Waals surface area contributed by atoms with Gasteiger partial charge >= 0.3 is 0 Å². The van der Waals surface area contributed by atoms with Crippen molar-refractivity contribution in [3.05, 3.63) is 88.0 Å². The first-order valence-corrected chi connectivity index (χ1v) is 12.2. The van der Waals surface area contributed by atoms with Gasteiger partial charge in [-0.1, -0.05) is 18.2 Å². The highest BCUT2D eigenvalue weighted by molar-refractivity contribution is 7.16. The third-order valence-corrected chi connectivity index (χ3v) is 7.14. The summed E-state index contributed by atoms with van der Waals surface area (Å²) in [5.41, 5.74) is 3.94. The van der Waals surface area contributed by atoms with Crippen LogP contribution >= 0.6 is 11.3 Å². The second-order valence-corrected chi connectivity index (χ2v) is 9.68. The fraction of sp³-hybridized carbons (Fsp3) is 0.148. The maximum absolute atomic E-state index is 14.2. The molecule has 3 aromatic carbocycles. The van der Waals surface area contributed by atoms with Gasteiger partial charge < -0.3 is 14.4 Å². The van der Waals surface area contributed by atoms with Crippen molar-refractivity contribution in [2.75, 3.05) is 23.6 Å². The summed E-state index contributed by atoms with van der Waals surface area (Å²) in [6, 6.07) is 16.8. The van der Waals surface area contributed by atoms with E-state index in [1.807, 2.05) is 25.1 Å². The molecule has 0 saturated carbocycles. The van der Waals surface area contributed by atoms with E-state index in [-0.39, 0.29) is 24.2 Å². The number of aryl methyl sites for hydroxylation is 1. The molecule has 0 spiro atoms. The molecule has 0 atom stereocenters. The maximum atomic E-state index is 14.2. The molecule has 0 unspecified atom stereocenters. The lowest BCUT2D eigenvalue weighted by molar-refractivity contribution is 0.0984. The number of amides is 2. The molecule has 0 fully saturated rings. The number of hydrogen-bond acceptors (Lipinski definition) is 6. The first kappa shape index (κ1) is 22.2. The Morgan fingerprint density at radius 2 is 1.89 bits per heavy atom. The summed E-state index contributed by atoms with van der Waals surface area (Å²) in [5, 5.41) is 3.35. The van der Waals surface area contributed by atoms with E-state index < -0.39 is 5.82 Å². The zero-order valence-corrected chi connectivity index (χ0v) is 20.0. The van der Waals surface area contributed by atoms with Crippen LogP contribution in [0.2, 0.25) is 0 Å². The number of halogens is 1. The van der Waals surface area contributed by atoms with Crippen LogP contribution in [0.4, 0.5) is 15.2 Å². The summed E-state index contributed by atoms with van der Waals surface area (Å²) in [6.45, 7) is 2.58. The van der Waals surface area contributed by atoms with Crippen LogP contribution in [0.25, 0.3) is 11.3 Å². The zero-order chi connectivity index (χ0) is 24.8. The van der Waals surface area contributed by atoms with E-state index in [1.54, 1.807) is 35.2 Å². The number of carbonyl (C=O) groups excluding carboxylic acids is 2. The standard InChI is InChI=1S/C27H20FN3O4S/c1-15-24(29-27(36-15)30-25(32)18-7-9-22-23(13-18)35-14-34-22)17-6-8-21-16(12-17)10-11-31(21)26(33)19-4-2-3-5-20(19)28/h2-9,12-13H,10-11,14H2,1H3,(H,29,30,32). The lowest BCUT2D eigenvalue weighted by Gasteiger charge is -2.18. The molecule has 2 aliphatic heterocycles. The summed E-state index contributed by atoms with van der Waals surface area (Å²) in [7, 11) is 0. The van der Waals surface area contributed by atoms with Gasteiger partial charge in [0.1, 0.15) is 5.82 Å². The Bertz CT molecular complexity index is 1530. The van der Waals surface area contributed by atoms with Crippen LogP contribution in [0, 0.1) is 12.7 Å². The minimum Gasteiger partial charge on any atom is -0.454 e. The lowest BCUT2D eigenvalue weighted by atomic mass is 10.1. The van der Waals surface area contributed by atoms with Crippen LogP contribution < -0.4 is 19.7 Å². The predicted molar refractivity (Wildman–Crippen MR) is 135 cm³/mol. The number of ether oxygens (including phenoxy) is 2. The number of hydrogen-bond donors (Lipinski definition) is 1. The van der Waals surface area contributed by atoms with Gasteiger partial charge in [0.25, 0.3) is 11.8 Å². The van der Waals surface area contributed by atoms with E-state index in [9.17, 15) is 14.0 Å². The van der Waals surface area contributed by atoms with Crippen LogP contribution in [0.5, 0.6) is 11.5 Å². The van der Waals surface area contributed by atoms with E-state index in [2.05, 4.69) is 10.3 Å². The van der Waals surface area contributed by atoms with E-state index in [1.165, 1.54) is 23.5 Å². The van der Waals surface area contributed by atoms with Crippen molar-refractivity contribution in [2.45, 2.75) is 13.3 Å². The molecule has 3 heterocycles. The molecule has 2 aliphatic rings. The molecule has 4 aromatic rings. The second-order valence-electron chi connectivity index (χ2n) is 8.48. The third-order valence-electron chi connectivity index (χ3n) is 6.25. The quantitative estimate of drug-likeness (QED) is 0.403. The molecule has 180 valence electrons. The molecule has 2 amide bonds. The molecular formula is C27H20FN3O4S. The largest absolute Gasteiger partial charge is 0.454 e. The van der Waals surface area contributed by atoms with Gasteiger partial charge in [0.2, 0.25) is 6.79 Å². The minimum atomic E-state index is -0.527. The number of nitrogens with one attached hydrogen (secondary N) is 1. The number of fused-ring (bicyclic) bond motifs is 2. The summed E-state index contributed by atoms with van der Waals surface area (Å²) in [5.74, 6) is -0.00663. The highest BCUT2D eigenvalue weighted by Gasteiger charge is 2.28. The molecule has 1 N–H and O–H groups in total. The van der Waals surface area contributed by atoms with Gasteiger partial charge in [-0.25, -0.2) is 9.37 Å². The van der Waals surface area contributed by atoms with Crippen LogP contribution in [0.15, 0.2) is 60.7 Å². The molecule has 0 saturated heterocycles. The van der Waals surface area contributed by atoms with Crippen molar-refractivity contribution < 1.29 is 23.5 Å². The topological polar surface area (TPSA) is 80.8 Å². The Morgan fingerprint density at radius 1 is 1.06 bits per heavy atom. The van der Waals surface area contributed by atoms with E-state index in [0.717, 1.165) is 27.4 Å². The second kappa shape index (κ2) is 8.76. The Balaban J connectivity index is 1.22. The van der Waals surface area contributed by atoms with Crippen molar-refractivity contribution in [2.24, 2.45) is 0 Å². The number of aromatic nitrogens is 1. The van der Waals surface area contributed by atoms with Gasteiger partial charge in [0, 0.05) is 28.2 Å². The number of anilines is 2. The summed E-state index contributed by atoms with van der Waals surface area (Å²) in [4.78, 5) is 32.9. The molecule has 0 bridgehead atoms. The normalized spacial score (nSPS) is 13.6. The summed E-state index contributed by atoms with van der Waals surface area (Å²) in [6.07, 6.45) is 0.667.